The predicted octanol–water partition coefficient (Wildman–Crippen LogP) is 3.24. The Morgan fingerprint density at radius 2 is 1.67 bits per heavy atom. The fourth-order valence-electron chi connectivity index (χ4n) is 2.60. The minimum absolute atomic E-state index is 0.0996. The number of rotatable bonds is 1. The molecule has 1 aliphatic heterocycles. The molecule has 4 nitrogen and oxygen atoms in total. The first kappa shape index (κ1) is 11.9. The van der Waals surface area contributed by atoms with Gasteiger partial charge < -0.3 is 9.15 Å². The first-order valence-electron chi connectivity index (χ1n) is 6.56. The first-order valence-corrected chi connectivity index (χ1v) is 6.56. The Morgan fingerprint density at radius 1 is 0.905 bits per heavy atom. The summed E-state index contributed by atoms with van der Waals surface area (Å²) in [6.45, 7) is 0. The van der Waals surface area contributed by atoms with Crippen LogP contribution >= 0.6 is 0 Å². The van der Waals surface area contributed by atoms with Crippen molar-refractivity contribution in [3.05, 3.63) is 83.0 Å². The van der Waals surface area contributed by atoms with Crippen LogP contribution in [0.25, 0.3) is 0 Å². The standard InChI is InChI=1S/C17H10O4/c18-15-10-4-1-2-5-11(10)16(19)17-12(15)7-8-14(21-17)13-6-3-9-20-13/h1-9,14H. The summed E-state index contributed by atoms with van der Waals surface area (Å²) in [6, 6.07) is 10.3. The Morgan fingerprint density at radius 3 is 2.38 bits per heavy atom. The Balaban J connectivity index is 1.79. The molecule has 0 radical (unpaired) electrons. The van der Waals surface area contributed by atoms with Crippen molar-refractivity contribution in [1.82, 2.24) is 0 Å². The number of fused-ring (bicyclic) bond motifs is 1. The van der Waals surface area contributed by atoms with Gasteiger partial charge in [0.15, 0.2) is 17.6 Å². The van der Waals surface area contributed by atoms with Crippen molar-refractivity contribution in [2.24, 2.45) is 0 Å². The van der Waals surface area contributed by atoms with Crippen LogP contribution in [-0.2, 0) is 4.74 Å². The quantitative estimate of drug-likeness (QED) is 0.803. The van der Waals surface area contributed by atoms with Crippen molar-refractivity contribution in [2.75, 3.05) is 0 Å². The molecule has 4 rings (SSSR count). The highest BCUT2D eigenvalue weighted by molar-refractivity contribution is 6.27. The number of carbonyl (C=O) groups excluding carboxylic acids is 2. The third-order valence-electron chi connectivity index (χ3n) is 3.62. The number of benzene rings is 1. The van der Waals surface area contributed by atoms with Gasteiger partial charge in [-0.2, -0.15) is 0 Å². The molecule has 0 saturated carbocycles. The molecule has 4 heteroatoms. The number of ether oxygens (including phenoxy) is 1. The van der Waals surface area contributed by atoms with Crippen LogP contribution in [0.5, 0.6) is 0 Å². The highest BCUT2D eigenvalue weighted by Gasteiger charge is 2.35. The van der Waals surface area contributed by atoms with Crippen LogP contribution in [-0.4, -0.2) is 11.6 Å². The Kier molecular flexibility index (Phi) is 2.44. The van der Waals surface area contributed by atoms with Crippen LogP contribution in [0.15, 0.2) is 70.6 Å². The lowest BCUT2D eigenvalue weighted by molar-refractivity contribution is 0.0767. The highest BCUT2D eigenvalue weighted by atomic mass is 16.5. The van der Waals surface area contributed by atoms with Gasteiger partial charge in [-0.3, -0.25) is 9.59 Å². The molecule has 0 fully saturated rings. The maximum atomic E-state index is 12.5. The molecule has 0 N–H and O–H groups in total. The van der Waals surface area contributed by atoms with E-state index in [0.717, 1.165) is 0 Å². The lowest BCUT2D eigenvalue weighted by Crippen LogP contribution is -2.25. The zero-order chi connectivity index (χ0) is 14.4. The Labute approximate surface area is 120 Å². The first-order chi connectivity index (χ1) is 10.3. The third-order valence-corrected chi connectivity index (χ3v) is 3.62. The maximum Gasteiger partial charge on any atom is 0.229 e. The molecule has 1 aromatic heterocycles. The maximum absolute atomic E-state index is 12.5. The summed E-state index contributed by atoms with van der Waals surface area (Å²) < 4.78 is 11.0. The number of hydrogen-bond acceptors (Lipinski definition) is 4. The summed E-state index contributed by atoms with van der Waals surface area (Å²) >= 11 is 0. The van der Waals surface area contributed by atoms with Crippen LogP contribution in [0.3, 0.4) is 0 Å². The molecule has 2 aromatic rings. The minimum Gasteiger partial charge on any atom is -0.473 e. The smallest absolute Gasteiger partial charge is 0.229 e. The van der Waals surface area contributed by atoms with Gasteiger partial charge >= 0.3 is 0 Å². The van der Waals surface area contributed by atoms with E-state index >= 15 is 0 Å². The van der Waals surface area contributed by atoms with Gasteiger partial charge in [0.05, 0.1) is 11.8 Å². The van der Waals surface area contributed by atoms with Crippen molar-refractivity contribution < 1.29 is 18.7 Å². The van der Waals surface area contributed by atoms with E-state index in [1.165, 1.54) is 0 Å². The predicted molar refractivity (Wildman–Crippen MR) is 73.8 cm³/mol. The average Bonchev–Trinajstić information content (AvgIpc) is 3.06. The molecule has 1 atom stereocenters. The van der Waals surface area contributed by atoms with Gasteiger partial charge in [0.2, 0.25) is 5.78 Å². The number of ketones is 2. The average molecular weight is 278 g/mol. The van der Waals surface area contributed by atoms with Crippen molar-refractivity contribution in [2.45, 2.75) is 6.10 Å². The molecule has 1 unspecified atom stereocenters. The van der Waals surface area contributed by atoms with Gasteiger partial charge in [-0.1, -0.05) is 24.3 Å². The van der Waals surface area contributed by atoms with E-state index in [9.17, 15) is 9.59 Å². The van der Waals surface area contributed by atoms with Crippen LogP contribution in [0, 0.1) is 0 Å². The molecule has 1 aliphatic carbocycles. The zero-order valence-electron chi connectivity index (χ0n) is 10.9. The second kappa shape index (κ2) is 4.31. The lowest BCUT2D eigenvalue weighted by Gasteiger charge is -2.25. The number of hydrogen-bond donors (Lipinski definition) is 0. The summed E-state index contributed by atoms with van der Waals surface area (Å²) in [5, 5.41) is 0. The molecule has 0 amide bonds. The Hall–Kier alpha value is -2.88. The fraction of sp³-hybridized carbons (Fsp3) is 0.0588. The van der Waals surface area contributed by atoms with E-state index in [2.05, 4.69) is 0 Å². The highest BCUT2D eigenvalue weighted by Crippen LogP contribution is 2.35. The zero-order valence-corrected chi connectivity index (χ0v) is 10.9. The van der Waals surface area contributed by atoms with Gasteiger partial charge in [0.1, 0.15) is 5.76 Å². The molecular weight excluding hydrogens is 268 g/mol. The van der Waals surface area contributed by atoms with Gasteiger partial charge in [-0.05, 0) is 24.3 Å². The second-order valence-electron chi connectivity index (χ2n) is 4.86. The van der Waals surface area contributed by atoms with Crippen LogP contribution in [0.4, 0.5) is 0 Å². The van der Waals surface area contributed by atoms with E-state index in [4.69, 9.17) is 9.15 Å². The van der Waals surface area contributed by atoms with Gasteiger partial charge in [-0.25, -0.2) is 0 Å². The van der Waals surface area contributed by atoms with Crippen molar-refractivity contribution in [3.8, 4) is 0 Å². The molecule has 0 bridgehead atoms. The summed E-state index contributed by atoms with van der Waals surface area (Å²) in [5.74, 6) is 0.245. The third kappa shape index (κ3) is 1.69. The molecule has 2 heterocycles. The van der Waals surface area contributed by atoms with Gasteiger partial charge in [0, 0.05) is 11.1 Å². The van der Waals surface area contributed by atoms with E-state index in [-0.39, 0.29) is 17.3 Å². The monoisotopic (exact) mass is 278 g/mol. The molecule has 102 valence electrons. The van der Waals surface area contributed by atoms with E-state index in [0.29, 0.717) is 22.5 Å². The van der Waals surface area contributed by atoms with Crippen molar-refractivity contribution >= 4 is 11.6 Å². The van der Waals surface area contributed by atoms with Crippen molar-refractivity contribution in [1.29, 1.82) is 0 Å². The van der Waals surface area contributed by atoms with Crippen LogP contribution < -0.4 is 0 Å². The van der Waals surface area contributed by atoms with E-state index in [1.54, 1.807) is 54.8 Å². The second-order valence-corrected chi connectivity index (χ2v) is 4.86. The van der Waals surface area contributed by atoms with Crippen molar-refractivity contribution in [3.63, 3.8) is 0 Å². The molecule has 0 saturated heterocycles. The number of carbonyl (C=O) groups is 2. The van der Waals surface area contributed by atoms with Gasteiger partial charge in [-0.15, -0.1) is 0 Å². The van der Waals surface area contributed by atoms with E-state index in [1.807, 2.05) is 0 Å². The van der Waals surface area contributed by atoms with Gasteiger partial charge in [0.25, 0.3) is 0 Å². The minimum atomic E-state index is -0.485. The molecule has 1 aromatic carbocycles. The van der Waals surface area contributed by atoms with Crippen LogP contribution in [0.2, 0.25) is 0 Å². The topological polar surface area (TPSA) is 56.5 Å². The molecular formula is C17H10O4. The van der Waals surface area contributed by atoms with E-state index < -0.39 is 6.10 Å². The largest absolute Gasteiger partial charge is 0.473 e. The molecule has 0 spiro atoms. The lowest BCUT2D eigenvalue weighted by atomic mass is 9.87. The van der Waals surface area contributed by atoms with Crippen LogP contribution in [0.1, 0.15) is 32.6 Å². The number of Topliss-reactive ketones (excluding diaryl/α,β-unsaturated/α-hetero) is 2. The normalized spacial score (nSPS) is 20.1. The Bertz CT molecular complexity index is 809. The fourth-order valence-corrected chi connectivity index (χ4v) is 2.60. The SMILES string of the molecule is O=C1C2=C(OC(c3ccco3)C=C2)C(=O)c2ccccc21. The summed E-state index contributed by atoms with van der Waals surface area (Å²) in [4.78, 5) is 24.9. The number of allylic oxidation sites excluding steroid dienone is 3. The molecule has 2 aliphatic rings. The summed E-state index contributed by atoms with van der Waals surface area (Å²) in [6.07, 6.45) is 4.42. The summed E-state index contributed by atoms with van der Waals surface area (Å²) in [5.41, 5.74) is 1.11. The molecule has 21 heavy (non-hydrogen) atoms. The summed E-state index contributed by atoms with van der Waals surface area (Å²) in [7, 11) is 0. The number of furan rings is 1.